The first kappa shape index (κ1) is 16.0. The van der Waals surface area contributed by atoms with Crippen LogP contribution in [0.25, 0.3) is 11.2 Å². The quantitative estimate of drug-likeness (QED) is 0.766. The molecule has 7 nitrogen and oxygen atoms in total. The summed E-state index contributed by atoms with van der Waals surface area (Å²) in [6, 6.07) is 9.90. The van der Waals surface area contributed by atoms with Crippen molar-refractivity contribution < 1.29 is 0 Å². The van der Waals surface area contributed by atoms with Crippen LogP contribution in [-0.4, -0.2) is 18.8 Å². The second-order valence-electron chi connectivity index (χ2n) is 6.26. The third kappa shape index (κ3) is 2.84. The van der Waals surface area contributed by atoms with Gasteiger partial charge in [-0.3, -0.25) is 13.9 Å². The first-order valence-corrected chi connectivity index (χ1v) is 7.93. The smallest absolute Gasteiger partial charge is 0.319 e. The Bertz CT molecular complexity index is 966. The van der Waals surface area contributed by atoms with E-state index >= 15 is 0 Å². The van der Waals surface area contributed by atoms with Crippen LogP contribution in [0.3, 0.4) is 0 Å². The van der Waals surface area contributed by atoms with Crippen LogP contribution in [0.15, 0.2) is 46.2 Å². The van der Waals surface area contributed by atoms with E-state index in [2.05, 4.69) is 10.4 Å². The van der Waals surface area contributed by atoms with E-state index in [1.54, 1.807) is 15.6 Å². The minimum absolute atomic E-state index is 0.265. The summed E-state index contributed by atoms with van der Waals surface area (Å²) in [4.78, 5) is 29.0. The zero-order chi connectivity index (χ0) is 17.3. The zero-order valence-corrected chi connectivity index (χ0v) is 14.1. The van der Waals surface area contributed by atoms with Crippen LogP contribution < -0.4 is 16.7 Å². The zero-order valence-electron chi connectivity index (χ0n) is 14.1. The molecule has 0 saturated heterocycles. The minimum atomic E-state index is -0.379. The van der Waals surface area contributed by atoms with Crippen molar-refractivity contribution in [1.29, 1.82) is 0 Å². The van der Waals surface area contributed by atoms with Crippen molar-refractivity contribution in [2.45, 2.75) is 26.9 Å². The van der Waals surface area contributed by atoms with Gasteiger partial charge in [-0.05, 0) is 11.5 Å². The monoisotopic (exact) mass is 327 g/mol. The SMILES string of the molecule is CC(C)Cn1c(=O)n(C)c(=O)c2ncn(NCc3ccccc3)c21. The first-order chi connectivity index (χ1) is 11.5. The Hall–Kier alpha value is -2.83. The number of aromatic nitrogens is 4. The molecule has 2 heterocycles. The van der Waals surface area contributed by atoms with Crippen molar-refractivity contribution in [3.63, 3.8) is 0 Å². The Balaban J connectivity index is 2.09. The van der Waals surface area contributed by atoms with E-state index in [1.807, 2.05) is 44.2 Å². The molecule has 2 aromatic heterocycles. The summed E-state index contributed by atoms with van der Waals surface area (Å²) >= 11 is 0. The molecule has 7 heteroatoms. The fourth-order valence-corrected chi connectivity index (χ4v) is 2.69. The van der Waals surface area contributed by atoms with Gasteiger partial charge in [0.05, 0.1) is 6.54 Å². The fourth-order valence-electron chi connectivity index (χ4n) is 2.69. The second-order valence-corrected chi connectivity index (χ2v) is 6.26. The summed E-state index contributed by atoms with van der Waals surface area (Å²) in [5.74, 6) is 0.265. The molecule has 0 saturated carbocycles. The van der Waals surface area contributed by atoms with Crippen LogP contribution in [0.2, 0.25) is 0 Å². The number of nitrogens with zero attached hydrogens (tertiary/aromatic N) is 4. The van der Waals surface area contributed by atoms with E-state index < -0.39 is 0 Å². The molecule has 0 bridgehead atoms. The summed E-state index contributed by atoms with van der Waals surface area (Å²) in [5, 5.41) is 0. The molecule has 0 radical (unpaired) electrons. The topological polar surface area (TPSA) is 73.8 Å². The lowest BCUT2D eigenvalue weighted by Gasteiger charge is -2.15. The number of hydrogen-bond acceptors (Lipinski definition) is 4. The fraction of sp³-hybridized carbons (Fsp3) is 0.353. The Labute approximate surface area is 139 Å². The molecule has 0 aliphatic rings. The number of rotatable bonds is 5. The highest BCUT2D eigenvalue weighted by atomic mass is 16.2. The van der Waals surface area contributed by atoms with Gasteiger partial charge in [-0.1, -0.05) is 44.2 Å². The predicted molar refractivity (Wildman–Crippen MR) is 93.6 cm³/mol. The molecule has 3 aromatic rings. The van der Waals surface area contributed by atoms with Crippen LogP contribution in [0.5, 0.6) is 0 Å². The van der Waals surface area contributed by atoms with Crippen molar-refractivity contribution in [3.05, 3.63) is 63.1 Å². The highest BCUT2D eigenvalue weighted by molar-refractivity contribution is 5.70. The number of nitrogens with one attached hydrogen (secondary N) is 1. The Morgan fingerprint density at radius 3 is 2.54 bits per heavy atom. The maximum atomic E-state index is 12.5. The van der Waals surface area contributed by atoms with Crippen LogP contribution in [-0.2, 0) is 20.1 Å². The van der Waals surface area contributed by atoms with Gasteiger partial charge in [-0.15, -0.1) is 0 Å². The normalized spacial score (nSPS) is 11.3. The van der Waals surface area contributed by atoms with Gasteiger partial charge in [-0.25, -0.2) is 14.5 Å². The molecule has 1 aromatic carbocycles. The average molecular weight is 327 g/mol. The maximum Gasteiger partial charge on any atom is 0.332 e. The molecule has 0 spiro atoms. The van der Waals surface area contributed by atoms with Gasteiger partial charge >= 0.3 is 5.69 Å². The molecule has 3 rings (SSSR count). The van der Waals surface area contributed by atoms with Gasteiger partial charge < -0.3 is 5.43 Å². The standard InChI is InChI=1S/C17H21N5O2/c1-12(2)10-21-15-14(16(23)20(3)17(21)24)18-11-22(15)19-9-13-7-5-4-6-8-13/h4-8,11-12,19H,9-10H2,1-3H3. The Kier molecular flexibility index (Phi) is 4.24. The molecule has 0 fully saturated rings. The Morgan fingerprint density at radius 2 is 1.88 bits per heavy atom. The molecule has 0 amide bonds. The molecule has 0 aliphatic carbocycles. The van der Waals surface area contributed by atoms with Crippen molar-refractivity contribution in [2.75, 3.05) is 5.43 Å². The van der Waals surface area contributed by atoms with Crippen molar-refractivity contribution in [1.82, 2.24) is 18.8 Å². The highest BCUT2D eigenvalue weighted by Crippen LogP contribution is 2.09. The molecule has 126 valence electrons. The van der Waals surface area contributed by atoms with Gasteiger partial charge in [-0.2, -0.15) is 0 Å². The lowest BCUT2D eigenvalue weighted by atomic mass is 10.2. The van der Waals surface area contributed by atoms with E-state index in [9.17, 15) is 9.59 Å². The van der Waals surface area contributed by atoms with E-state index in [4.69, 9.17) is 0 Å². The molecule has 0 aliphatic heterocycles. The summed E-state index contributed by atoms with van der Waals surface area (Å²) < 4.78 is 4.37. The highest BCUT2D eigenvalue weighted by Gasteiger charge is 2.17. The number of imidazole rings is 1. The summed E-state index contributed by atoms with van der Waals surface area (Å²) in [6.07, 6.45) is 1.55. The van der Waals surface area contributed by atoms with Gasteiger partial charge in [0, 0.05) is 13.6 Å². The predicted octanol–water partition coefficient (Wildman–Crippen LogP) is 1.30. The van der Waals surface area contributed by atoms with Crippen molar-refractivity contribution >= 4 is 11.2 Å². The van der Waals surface area contributed by atoms with Gasteiger partial charge in [0.25, 0.3) is 5.56 Å². The number of hydrogen-bond donors (Lipinski definition) is 1. The Morgan fingerprint density at radius 1 is 1.17 bits per heavy atom. The third-order valence-electron chi connectivity index (χ3n) is 3.87. The van der Waals surface area contributed by atoms with Crippen molar-refractivity contribution in [2.24, 2.45) is 13.0 Å². The average Bonchev–Trinajstić information content (AvgIpc) is 2.99. The molecule has 24 heavy (non-hydrogen) atoms. The van der Waals surface area contributed by atoms with E-state index in [-0.39, 0.29) is 17.2 Å². The summed E-state index contributed by atoms with van der Waals surface area (Å²) in [7, 11) is 1.48. The molecule has 1 N–H and O–H groups in total. The lowest BCUT2D eigenvalue weighted by molar-refractivity contribution is 0.496. The molecular formula is C17H21N5O2. The van der Waals surface area contributed by atoms with Gasteiger partial charge in [0.1, 0.15) is 6.33 Å². The van der Waals surface area contributed by atoms with E-state index in [0.29, 0.717) is 24.3 Å². The summed E-state index contributed by atoms with van der Waals surface area (Å²) in [5.41, 5.74) is 4.40. The van der Waals surface area contributed by atoms with Crippen LogP contribution in [0.4, 0.5) is 0 Å². The number of benzene rings is 1. The van der Waals surface area contributed by atoms with E-state index in [1.165, 1.54) is 7.05 Å². The second kappa shape index (κ2) is 6.35. The minimum Gasteiger partial charge on any atom is -0.319 e. The molecule has 0 unspecified atom stereocenters. The maximum absolute atomic E-state index is 12.5. The largest absolute Gasteiger partial charge is 0.332 e. The van der Waals surface area contributed by atoms with Crippen LogP contribution in [0, 0.1) is 5.92 Å². The lowest BCUT2D eigenvalue weighted by Crippen LogP contribution is -2.39. The number of fused-ring (bicyclic) bond motifs is 1. The molecular weight excluding hydrogens is 306 g/mol. The van der Waals surface area contributed by atoms with Gasteiger partial charge in [0.2, 0.25) is 0 Å². The summed E-state index contributed by atoms with van der Waals surface area (Å²) in [6.45, 7) is 5.14. The van der Waals surface area contributed by atoms with Crippen LogP contribution >= 0.6 is 0 Å². The van der Waals surface area contributed by atoms with Crippen molar-refractivity contribution in [3.8, 4) is 0 Å². The van der Waals surface area contributed by atoms with E-state index in [0.717, 1.165) is 10.1 Å². The molecule has 0 atom stereocenters. The third-order valence-corrected chi connectivity index (χ3v) is 3.87. The van der Waals surface area contributed by atoms with Gasteiger partial charge in [0.15, 0.2) is 11.2 Å². The van der Waals surface area contributed by atoms with Crippen LogP contribution in [0.1, 0.15) is 19.4 Å². The first-order valence-electron chi connectivity index (χ1n) is 7.93.